The number of halogens is 1. The van der Waals surface area contributed by atoms with Crippen molar-refractivity contribution in [3.63, 3.8) is 0 Å². The summed E-state index contributed by atoms with van der Waals surface area (Å²) in [5.74, 6) is 1.46. The minimum atomic E-state index is 0.652. The van der Waals surface area contributed by atoms with E-state index in [1.807, 2.05) is 35.0 Å². The molecule has 0 bridgehead atoms. The van der Waals surface area contributed by atoms with Gasteiger partial charge in [0, 0.05) is 39.9 Å². The normalized spacial score (nSPS) is 11.0. The van der Waals surface area contributed by atoms with E-state index in [9.17, 15) is 0 Å². The van der Waals surface area contributed by atoms with Crippen LogP contribution in [0.5, 0.6) is 0 Å². The van der Waals surface area contributed by atoms with Crippen LogP contribution in [0.4, 0.5) is 5.69 Å². The van der Waals surface area contributed by atoms with Crippen molar-refractivity contribution in [1.82, 2.24) is 14.4 Å². The number of nitrogen functional groups attached to an aromatic ring is 1. The fraction of sp³-hybridized carbons (Fsp3) is 0.0769. The zero-order valence-corrected chi connectivity index (χ0v) is 11.5. The van der Waals surface area contributed by atoms with E-state index in [0.717, 1.165) is 16.3 Å². The Hall–Kier alpha value is -1.72. The molecule has 2 heterocycles. The average Bonchev–Trinajstić information content (AvgIpc) is 2.80. The maximum absolute atomic E-state index is 5.92. The molecule has 6 heteroatoms. The molecule has 1 aromatic carbocycles. The highest BCUT2D eigenvalue weighted by atomic mass is 35.5. The van der Waals surface area contributed by atoms with Crippen molar-refractivity contribution in [3.8, 4) is 0 Å². The standard InChI is InChI=1S/C13H11ClN4S/c14-9-2-3-12(11(15)6-9)19-8-10-7-18-5-1-4-16-13(18)17-10/h1-7H,8,15H2. The third-order valence-corrected chi connectivity index (χ3v) is 3.99. The number of hydrogen-bond acceptors (Lipinski definition) is 4. The Kier molecular flexibility index (Phi) is 3.31. The molecule has 0 saturated heterocycles. The second-order valence-corrected chi connectivity index (χ2v) is 5.48. The van der Waals surface area contributed by atoms with E-state index in [1.54, 1.807) is 24.0 Å². The molecule has 0 radical (unpaired) electrons. The average molecular weight is 291 g/mol. The molecule has 0 aliphatic carbocycles. The molecule has 19 heavy (non-hydrogen) atoms. The lowest BCUT2D eigenvalue weighted by atomic mass is 10.3. The lowest BCUT2D eigenvalue weighted by Gasteiger charge is -2.04. The molecule has 4 nitrogen and oxygen atoms in total. The van der Waals surface area contributed by atoms with Crippen molar-refractivity contribution in [2.45, 2.75) is 10.6 Å². The van der Waals surface area contributed by atoms with E-state index < -0.39 is 0 Å². The van der Waals surface area contributed by atoms with Gasteiger partial charge in [-0.2, -0.15) is 0 Å². The van der Waals surface area contributed by atoms with Gasteiger partial charge in [-0.25, -0.2) is 9.97 Å². The third kappa shape index (κ3) is 2.67. The van der Waals surface area contributed by atoms with E-state index in [1.165, 1.54) is 0 Å². The summed E-state index contributed by atoms with van der Waals surface area (Å²) in [6.45, 7) is 0. The fourth-order valence-electron chi connectivity index (χ4n) is 1.75. The van der Waals surface area contributed by atoms with Crippen molar-refractivity contribution >= 4 is 34.8 Å². The van der Waals surface area contributed by atoms with Crippen LogP contribution in [0.15, 0.2) is 47.8 Å². The third-order valence-electron chi connectivity index (χ3n) is 2.63. The molecule has 3 aromatic rings. The second kappa shape index (κ2) is 5.11. The molecule has 0 atom stereocenters. The number of anilines is 1. The van der Waals surface area contributed by atoms with Crippen LogP contribution < -0.4 is 5.73 Å². The van der Waals surface area contributed by atoms with Crippen LogP contribution in [-0.4, -0.2) is 14.4 Å². The molecule has 2 N–H and O–H groups in total. The van der Waals surface area contributed by atoms with Gasteiger partial charge in [0.1, 0.15) is 0 Å². The predicted octanol–water partition coefficient (Wildman–Crippen LogP) is 3.26. The summed E-state index contributed by atoms with van der Waals surface area (Å²) in [6, 6.07) is 7.40. The smallest absolute Gasteiger partial charge is 0.233 e. The van der Waals surface area contributed by atoms with Gasteiger partial charge in [-0.1, -0.05) is 11.6 Å². The molecule has 2 aromatic heterocycles. The summed E-state index contributed by atoms with van der Waals surface area (Å²) < 4.78 is 1.90. The van der Waals surface area contributed by atoms with E-state index >= 15 is 0 Å². The van der Waals surface area contributed by atoms with Crippen molar-refractivity contribution in [1.29, 1.82) is 0 Å². The number of hydrogen-bond donors (Lipinski definition) is 1. The van der Waals surface area contributed by atoms with Crippen LogP contribution in [-0.2, 0) is 5.75 Å². The van der Waals surface area contributed by atoms with Crippen LogP contribution in [0.2, 0.25) is 5.02 Å². The maximum atomic E-state index is 5.92. The summed E-state index contributed by atoms with van der Waals surface area (Å²) in [4.78, 5) is 9.63. The Labute approximate surface area is 119 Å². The van der Waals surface area contributed by atoms with Gasteiger partial charge in [-0.15, -0.1) is 11.8 Å². The number of nitrogens with two attached hydrogens (primary N) is 1. The first kappa shape index (κ1) is 12.3. The first-order chi connectivity index (χ1) is 9.22. The van der Waals surface area contributed by atoms with Gasteiger partial charge in [0.05, 0.1) is 5.69 Å². The molecule has 0 amide bonds. The second-order valence-electron chi connectivity index (χ2n) is 4.03. The highest BCUT2D eigenvalue weighted by molar-refractivity contribution is 7.98. The van der Waals surface area contributed by atoms with Crippen LogP contribution >= 0.6 is 23.4 Å². The highest BCUT2D eigenvalue weighted by Gasteiger charge is 2.05. The number of fused-ring (bicyclic) bond motifs is 1. The summed E-state index contributed by atoms with van der Waals surface area (Å²) in [6.07, 6.45) is 5.64. The first-order valence-electron chi connectivity index (χ1n) is 5.69. The van der Waals surface area contributed by atoms with Crippen LogP contribution in [0.1, 0.15) is 5.69 Å². The van der Waals surface area contributed by atoms with Crippen molar-refractivity contribution < 1.29 is 0 Å². The summed E-state index contributed by atoms with van der Waals surface area (Å²) in [5, 5.41) is 0.652. The minimum Gasteiger partial charge on any atom is -0.398 e. The first-order valence-corrected chi connectivity index (χ1v) is 7.05. The molecule has 0 aliphatic heterocycles. The summed E-state index contributed by atoms with van der Waals surface area (Å²) >= 11 is 7.51. The van der Waals surface area contributed by atoms with Gasteiger partial charge >= 0.3 is 0 Å². The molecule has 0 unspecified atom stereocenters. The number of imidazole rings is 1. The monoisotopic (exact) mass is 290 g/mol. The van der Waals surface area contributed by atoms with Crippen molar-refractivity contribution in [2.75, 3.05) is 5.73 Å². The fourth-order valence-corrected chi connectivity index (χ4v) is 2.76. The topological polar surface area (TPSA) is 56.2 Å². The van der Waals surface area contributed by atoms with E-state index in [-0.39, 0.29) is 0 Å². The lowest BCUT2D eigenvalue weighted by Crippen LogP contribution is -1.89. The van der Waals surface area contributed by atoms with Gasteiger partial charge in [0.2, 0.25) is 5.78 Å². The molecule has 0 saturated carbocycles. The van der Waals surface area contributed by atoms with Gasteiger partial charge in [-0.05, 0) is 24.3 Å². The zero-order valence-electron chi connectivity index (χ0n) is 9.95. The van der Waals surface area contributed by atoms with Gasteiger partial charge in [-0.3, -0.25) is 4.40 Å². The van der Waals surface area contributed by atoms with E-state index in [4.69, 9.17) is 17.3 Å². The molecule has 0 aliphatic rings. The maximum Gasteiger partial charge on any atom is 0.233 e. The lowest BCUT2D eigenvalue weighted by molar-refractivity contribution is 1.11. The molecular weight excluding hydrogens is 280 g/mol. The van der Waals surface area contributed by atoms with Crippen LogP contribution in [0.3, 0.4) is 0 Å². The van der Waals surface area contributed by atoms with E-state index in [0.29, 0.717) is 16.5 Å². The number of aromatic nitrogens is 3. The number of nitrogens with zero attached hydrogens (tertiary/aromatic N) is 3. The molecule has 3 rings (SSSR count). The molecule has 0 fully saturated rings. The highest BCUT2D eigenvalue weighted by Crippen LogP contribution is 2.29. The Balaban J connectivity index is 1.78. The summed E-state index contributed by atoms with van der Waals surface area (Å²) in [7, 11) is 0. The number of rotatable bonds is 3. The zero-order chi connectivity index (χ0) is 13.2. The Bertz CT molecular complexity index is 692. The molecule has 96 valence electrons. The molecule has 0 spiro atoms. The Morgan fingerprint density at radius 3 is 3.05 bits per heavy atom. The quantitative estimate of drug-likeness (QED) is 0.594. The van der Waals surface area contributed by atoms with Crippen LogP contribution in [0.25, 0.3) is 5.78 Å². The minimum absolute atomic E-state index is 0.652. The summed E-state index contributed by atoms with van der Waals surface area (Å²) in [5.41, 5.74) is 7.58. The largest absolute Gasteiger partial charge is 0.398 e. The van der Waals surface area contributed by atoms with Gasteiger partial charge in [0.25, 0.3) is 0 Å². The Morgan fingerprint density at radius 2 is 2.26 bits per heavy atom. The predicted molar refractivity (Wildman–Crippen MR) is 78.4 cm³/mol. The Morgan fingerprint density at radius 1 is 1.37 bits per heavy atom. The van der Waals surface area contributed by atoms with Crippen LogP contribution in [0, 0.1) is 0 Å². The van der Waals surface area contributed by atoms with Gasteiger partial charge < -0.3 is 5.73 Å². The number of thioether (sulfide) groups is 1. The molecular formula is C13H11ClN4S. The van der Waals surface area contributed by atoms with E-state index in [2.05, 4.69) is 9.97 Å². The van der Waals surface area contributed by atoms with Crippen molar-refractivity contribution in [2.24, 2.45) is 0 Å². The van der Waals surface area contributed by atoms with Crippen molar-refractivity contribution in [3.05, 3.63) is 53.6 Å². The number of benzene rings is 1. The SMILES string of the molecule is Nc1cc(Cl)ccc1SCc1cn2cccnc2n1. The van der Waals surface area contributed by atoms with Gasteiger partial charge in [0.15, 0.2) is 0 Å².